The molecule has 0 aliphatic carbocycles. The number of anilines is 1. The summed E-state index contributed by atoms with van der Waals surface area (Å²) in [6, 6.07) is 30.8. The van der Waals surface area contributed by atoms with Crippen LogP contribution < -0.4 is 14.4 Å². The molecule has 4 rings (SSSR count). The zero-order valence-corrected chi connectivity index (χ0v) is 27.8. The van der Waals surface area contributed by atoms with E-state index in [2.05, 4.69) is 21.2 Å². The second kappa shape index (κ2) is 16.2. The number of nitrogens with one attached hydrogen (secondary N) is 1. The fourth-order valence-corrected chi connectivity index (χ4v) is 6.82. The standard InChI is InChI=1S/C35H38BrN3O5S/c1-3-22-37-35(41)32(24-27-14-7-5-8-15-27)38(25-28-16-13-17-29(36)23-28)34(40)26-39(31-20-11-12-21-33(31)44-4-2)45(42,43)30-18-9-6-10-19-30/h5-21,23,32H,3-4,22,24-26H2,1-2H3,(H,37,41)/t32-/m1/s1. The molecule has 0 unspecified atom stereocenters. The first-order valence-corrected chi connectivity index (χ1v) is 17.1. The normalized spacial score (nSPS) is 11.8. The van der Waals surface area contributed by atoms with Crippen molar-refractivity contribution in [2.24, 2.45) is 0 Å². The molecular formula is C35H38BrN3O5S. The summed E-state index contributed by atoms with van der Waals surface area (Å²) in [7, 11) is -4.22. The van der Waals surface area contributed by atoms with Crippen LogP contribution in [-0.2, 0) is 32.6 Å². The summed E-state index contributed by atoms with van der Waals surface area (Å²) >= 11 is 3.50. The van der Waals surface area contributed by atoms with Crippen LogP contribution in [0, 0.1) is 0 Å². The summed E-state index contributed by atoms with van der Waals surface area (Å²) in [5.41, 5.74) is 1.89. The van der Waals surface area contributed by atoms with Gasteiger partial charge in [0.1, 0.15) is 18.3 Å². The van der Waals surface area contributed by atoms with E-state index >= 15 is 0 Å². The maximum Gasteiger partial charge on any atom is 0.264 e. The maximum absolute atomic E-state index is 14.6. The highest BCUT2D eigenvalue weighted by Gasteiger charge is 2.35. The number of sulfonamides is 1. The predicted octanol–water partition coefficient (Wildman–Crippen LogP) is 6.21. The van der Waals surface area contributed by atoms with Crippen LogP contribution in [0.3, 0.4) is 0 Å². The molecule has 0 aromatic heterocycles. The Morgan fingerprint density at radius 3 is 2.16 bits per heavy atom. The van der Waals surface area contributed by atoms with Crippen molar-refractivity contribution in [1.82, 2.24) is 10.2 Å². The largest absolute Gasteiger partial charge is 0.492 e. The molecule has 236 valence electrons. The average Bonchev–Trinajstić information content (AvgIpc) is 3.05. The molecule has 0 heterocycles. The number of hydrogen-bond donors (Lipinski definition) is 1. The molecule has 0 saturated heterocycles. The molecule has 45 heavy (non-hydrogen) atoms. The van der Waals surface area contributed by atoms with Gasteiger partial charge in [-0.15, -0.1) is 0 Å². The van der Waals surface area contributed by atoms with Crippen molar-refractivity contribution in [3.8, 4) is 5.75 Å². The van der Waals surface area contributed by atoms with Crippen molar-refractivity contribution in [1.29, 1.82) is 0 Å². The van der Waals surface area contributed by atoms with Crippen LogP contribution in [-0.4, -0.2) is 50.9 Å². The minimum absolute atomic E-state index is 0.0316. The number of carbonyl (C=O) groups excluding carboxylic acids is 2. The van der Waals surface area contributed by atoms with E-state index in [0.29, 0.717) is 18.9 Å². The van der Waals surface area contributed by atoms with E-state index < -0.39 is 28.5 Å². The molecule has 0 saturated carbocycles. The lowest BCUT2D eigenvalue weighted by Crippen LogP contribution is -2.53. The third-order valence-corrected chi connectivity index (χ3v) is 9.37. The molecule has 10 heteroatoms. The molecular weight excluding hydrogens is 654 g/mol. The van der Waals surface area contributed by atoms with Gasteiger partial charge < -0.3 is 15.0 Å². The van der Waals surface area contributed by atoms with Crippen LogP contribution in [0.2, 0.25) is 0 Å². The molecule has 4 aromatic rings. The highest BCUT2D eigenvalue weighted by molar-refractivity contribution is 9.10. The van der Waals surface area contributed by atoms with Crippen LogP contribution in [0.1, 0.15) is 31.4 Å². The van der Waals surface area contributed by atoms with E-state index in [1.165, 1.54) is 17.0 Å². The first kappa shape index (κ1) is 33.7. The van der Waals surface area contributed by atoms with E-state index in [-0.39, 0.29) is 29.5 Å². The van der Waals surface area contributed by atoms with E-state index in [0.717, 1.165) is 26.3 Å². The molecule has 0 aliphatic rings. The molecule has 1 N–H and O–H groups in total. The van der Waals surface area contributed by atoms with Crippen LogP contribution in [0.25, 0.3) is 0 Å². The molecule has 0 bridgehead atoms. The molecule has 2 amide bonds. The number of nitrogens with zero attached hydrogens (tertiary/aromatic N) is 2. The predicted molar refractivity (Wildman–Crippen MR) is 181 cm³/mol. The maximum atomic E-state index is 14.6. The molecule has 8 nitrogen and oxygen atoms in total. The van der Waals surface area contributed by atoms with Gasteiger partial charge in [-0.25, -0.2) is 8.42 Å². The van der Waals surface area contributed by atoms with Crippen molar-refractivity contribution in [3.63, 3.8) is 0 Å². The van der Waals surface area contributed by atoms with Crippen molar-refractivity contribution in [2.45, 2.75) is 44.2 Å². The fraction of sp³-hybridized carbons (Fsp3) is 0.257. The second-order valence-corrected chi connectivity index (χ2v) is 13.2. The Labute approximate surface area is 274 Å². The van der Waals surface area contributed by atoms with E-state index in [1.807, 2.05) is 61.5 Å². The average molecular weight is 693 g/mol. The lowest BCUT2D eigenvalue weighted by Gasteiger charge is -2.34. The van der Waals surface area contributed by atoms with Gasteiger partial charge in [-0.1, -0.05) is 95.7 Å². The van der Waals surface area contributed by atoms with E-state index in [4.69, 9.17) is 4.74 Å². The first-order valence-electron chi connectivity index (χ1n) is 14.9. The first-order chi connectivity index (χ1) is 21.7. The molecule has 0 radical (unpaired) electrons. The van der Waals surface area contributed by atoms with Crippen molar-refractivity contribution in [3.05, 3.63) is 125 Å². The number of hydrogen-bond acceptors (Lipinski definition) is 5. The Bertz CT molecular complexity index is 1670. The number of benzene rings is 4. The minimum atomic E-state index is -4.22. The Kier molecular flexibility index (Phi) is 12.2. The van der Waals surface area contributed by atoms with Gasteiger partial charge in [0.2, 0.25) is 11.8 Å². The number of rotatable bonds is 15. The molecule has 0 fully saturated rings. The zero-order valence-electron chi connectivity index (χ0n) is 25.4. The van der Waals surface area contributed by atoms with Crippen molar-refractivity contribution >= 4 is 43.5 Å². The lowest BCUT2D eigenvalue weighted by molar-refractivity contribution is -0.140. The number of ether oxygens (including phenoxy) is 1. The summed E-state index contributed by atoms with van der Waals surface area (Å²) in [5, 5.41) is 2.96. The summed E-state index contributed by atoms with van der Waals surface area (Å²) < 4.78 is 36.1. The number of para-hydroxylation sites is 2. The Morgan fingerprint density at radius 1 is 0.844 bits per heavy atom. The SMILES string of the molecule is CCCNC(=O)[C@@H](Cc1ccccc1)N(Cc1cccc(Br)c1)C(=O)CN(c1ccccc1OCC)S(=O)(=O)c1ccccc1. The van der Waals surface area contributed by atoms with Crippen LogP contribution in [0.15, 0.2) is 119 Å². The van der Waals surface area contributed by atoms with Crippen molar-refractivity contribution < 1.29 is 22.7 Å². The minimum Gasteiger partial charge on any atom is -0.492 e. The van der Waals surface area contributed by atoms with E-state index in [1.54, 1.807) is 49.4 Å². The molecule has 4 aromatic carbocycles. The van der Waals surface area contributed by atoms with Crippen LogP contribution >= 0.6 is 15.9 Å². The van der Waals surface area contributed by atoms with Gasteiger partial charge in [0, 0.05) is 24.0 Å². The molecule has 0 aliphatic heterocycles. The quantitative estimate of drug-likeness (QED) is 0.160. The van der Waals surface area contributed by atoms with Gasteiger partial charge >= 0.3 is 0 Å². The summed E-state index contributed by atoms with van der Waals surface area (Å²) in [4.78, 5) is 29.8. The number of halogens is 1. The lowest BCUT2D eigenvalue weighted by atomic mass is 10.0. The Balaban J connectivity index is 1.82. The van der Waals surface area contributed by atoms with E-state index in [9.17, 15) is 18.0 Å². The highest BCUT2D eigenvalue weighted by atomic mass is 79.9. The van der Waals surface area contributed by atoms with Gasteiger partial charge in [0.05, 0.1) is 17.2 Å². The van der Waals surface area contributed by atoms with Gasteiger partial charge in [-0.3, -0.25) is 13.9 Å². The number of amides is 2. The van der Waals surface area contributed by atoms with Crippen molar-refractivity contribution in [2.75, 3.05) is 24.0 Å². The Hall–Kier alpha value is -4.15. The third kappa shape index (κ3) is 8.95. The summed E-state index contributed by atoms with van der Waals surface area (Å²) in [6.45, 7) is 4.04. The molecule has 1 atom stereocenters. The Morgan fingerprint density at radius 2 is 1.49 bits per heavy atom. The van der Waals surface area contributed by atoms with Gasteiger partial charge in [0.25, 0.3) is 10.0 Å². The topological polar surface area (TPSA) is 96.0 Å². The van der Waals surface area contributed by atoms with Gasteiger partial charge in [-0.2, -0.15) is 0 Å². The summed E-state index contributed by atoms with van der Waals surface area (Å²) in [5.74, 6) is -0.517. The van der Waals surface area contributed by atoms with Crippen LogP contribution in [0.5, 0.6) is 5.75 Å². The molecule has 0 spiro atoms. The third-order valence-electron chi connectivity index (χ3n) is 7.11. The zero-order chi connectivity index (χ0) is 32.2. The monoisotopic (exact) mass is 691 g/mol. The van der Waals surface area contributed by atoms with Crippen LogP contribution in [0.4, 0.5) is 5.69 Å². The second-order valence-electron chi connectivity index (χ2n) is 10.4. The summed E-state index contributed by atoms with van der Waals surface area (Å²) in [6.07, 6.45) is 0.970. The number of carbonyl (C=O) groups is 2. The van der Waals surface area contributed by atoms with Gasteiger partial charge in [0.15, 0.2) is 0 Å². The van der Waals surface area contributed by atoms with Gasteiger partial charge in [-0.05, 0) is 60.9 Å². The fourth-order valence-electron chi connectivity index (χ4n) is 4.93. The smallest absolute Gasteiger partial charge is 0.264 e. The highest BCUT2D eigenvalue weighted by Crippen LogP contribution is 2.33.